The van der Waals surface area contributed by atoms with Crippen molar-refractivity contribution in [3.63, 3.8) is 0 Å². The van der Waals surface area contributed by atoms with Crippen LogP contribution < -0.4 is 5.32 Å². The number of phenols is 2. The number of benzene rings is 1. The summed E-state index contributed by atoms with van der Waals surface area (Å²) in [5, 5.41) is 21.1. The quantitative estimate of drug-likeness (QED) is 0.560. The highest BCUT2D eigenvalue weighted by Gasteiger charge is 2.30. The topological polar surface area (TPSA) is 99.1 Å². The molecule has 2 amide bonds. The van der Waals surface area contributed by atoms with Gasteiger partial charge in [0.15, 0.2) is 11.5 Å². The highest BCUT2D eigenvalue weighted by Crippen LogP contribution is 2.27. The Morgan fingerprint density at radius 1 is 1.43 bits per heavy atom. The molecule has 2 rings (SSSR count). The molecule has 0 aliphatic carbocycles. The van der Waals surface area contributed by atoms with E-state index in [2.05, 4.69) is 5.32 Å². The maximum Gasteiger partial charge on any atom is 0.252 e. The van der Waals surface area contributed by atoms with Crippen molar-refractivity contribution in [1.29, 1.82) is 0 Å². The Bertz CT molecular complexity index is 546. The molecule has 0 spiro atoms. The summed E-state index contributed by atoms with van der Waals surface area (Å²) in [5.74, 6) is -1.17. The van der Waals surface area contributed by atoms with Crippen molar-refractivity contribution in [3.05, 3.63) is 18.2 Å². The Hall–Kier alpha value is -2.28. The van der Waals surface area contributed by atoms with Crippen LogP contribution in [0.25, 0.3) is 0 Å². The number of nitrogens with zero attached hydrogens (tertiary/aromatic N) is 1. The summed E-state index contributed by atoms with van der Waals surface area (Å²) in [5.41, 5.74) is 0.339. The van der Waals surface area contributed by atoms with Crippen LogP contribution in [0.2, 0.25) is 0 Å². The number of hydrogen-bond acceptors (Lipinski definition) is 5. The second-order valence-corrected chi connectivity index (χ2v) is 4.73. The van der Waals surface area contributed by atoms with Crippen molar-refractivity contribution in [2.24, 2.45) is 0 Å². The van der Waals surface area contributed by atoms with Crippen LogP contribution in [0.4, 0.5) is 5.69 Å². The molecular formula is C14H18N2O5. The summed E-state index contributed by atoms with van der Waals surface area (Å²) >= 11 is 0. The van der Waals surface area contributed by atoms with E-state index in [-0.39, 0.29) is 23.8 Å². The lowest BCUT2D eigenvalue weighted by molar-refractivity contribution is -0.154. The average Bonchev–Trinajstić information content (AvgIpc) is 2.45. The van der Waals surface area contributed by atoms with Crippen molar-refractivity contribution in [3.8, 4) is 11.5 Å². The number of rotatable bonds is 4. The van der Waals surface area contributed by atoms with Crippen LogP contribution in [0.5, 0.6) is 11.5 Å². The fourth-order valence-corrected chi connectivity index (χ4v) is 2.13. The summed E-state index contributed by atoms with van der Waals surface area (Å²) in [6.45, 7) is 3.42. The first kappa shape index (κ1) is 15.1. The zero-order chi connectivity index (χ0) is 15.4. The van der Waals surface area contributed by atoms with Crippen molar-refractivity contribution < 1.29 is 24.5 Å². The van der Waals surface area contributed by atoms with Crippen LogP contribution in [-0.2, 0) is 14.3 Å². The van der Waals surface area contributed by atoms with E-state index in [4.69, 9.17) is 4.74 Å². The van der Waals surface area contributed by atoms with Gasteiger partial charge in [-0.2, -0.15) is 0 Å². The van der Waals surface area contributed by atoms with Crippen LogP contribution in [0.1, 0.15) is 13.3 Å². The Kier molecular flexibility index (Phi) is 4.64. The van der Waals surface area contributed by atoms with Crippen molar-refractivity contribution in [2.75, 3.05) is 25.0 Å². The number of hydrogen-bond donors (Lipinski definition) is 3. The lowest BCUT2D eigenvalue weighted by atomic mass is 10.1. The van der Waals surface area contributed by atoms with Gasteiger partial charge >= 0.3 is 0 Å². The maximum absolute atomic E-state index is 12.0. The van der Waals surface area contributed by atoms with E-state index < -0.39 is 12.0 Å². The number of anilines is 1. The van der Waals surface area contributed by atoms with Crippen LogP contribution in [0, 0.1) is 0 Å². The number of ether oxygens (including phenoxy) is 1. The van der Waals surface area contributed by atoms with Gasteiger partial charge in [0.25, 0.3) is 5.91 Å². The van der Waals surface area contributed by atoms with Gasteiger partial charge in [0.2, 0.25) is 5.91 Å². The standard InChI is InChI=1S/C14H18N2O5/c1-2-16-5-6-21-12(14(16)20)8-13(19)15-9-3-4-10(17)11(18)7-9/h3-4,7,12,17-18H,2,5-6,8H2,1H3,(H,15,19). The normalized spacial score (nSPS) is 18.6. The molecule has 114 valence electrons. The first-order valence-corrected chi connectivity index (χ1v) is 6.73. The zero-order valence-electron chi connectivity index (χ0n) is 11.7. The van der Waals surface area contributed by atoms with Crippen molar-refractivity contribution >= 4 is 17.5 Å². The molecule has 0 aromatic heterocycles. The maximum atomic E-state index is 12.0. The lowest BCUT2D eigenvalue weighted by Crippen LogP contribution is -2.48. The molecular weight excluding hydrogens is 276 g/mol. The Balaban J connectivity index is 1.95. The monoisotopic (exact) mass is 294 g/mol. The summed E-state index contributed by atoms with van der Waals surface area (Å²) in [7, 11) is 0. The average molecular weight is 294 g/mol. The molecule has 0 bridgehead atoms. The molecule has 1 fully saturated rings. The largest absolute Gasteiger partial charge is 0.504 e. The number of aromatic hydroxyl groups is 2. The smallest absolute Gasteiger partial charge is 0.252 e. The van der Waals surface area contributed by atoms with Gasteiger partial charge in [-0.15, -0.1) is 0 Å². The molecule has 1 aliphatic heterocycles. The molecule has 0 radical (unpaired) electrons. The highest BCUT2D eigenvalue weighted by molar-refractivity contribution is 5.95. The minimum absolute atomic E-state index is 0.0863. The molecule has 21 heavy (non-hydrogen) atoms. The fourth-order valence-electron chi connectivity index (χ4n) is 2.13. The number of morpholine rings is 1. The number of carbonyl (C=O) groups excluding carboxylic acids is 2. The van der Waals surface area contributed by atoms with Gasteiger partial charge in [0.1, 0.15) is 6.10 Å². The van der Waals surface area contributed by atoms with Crippen molar-refractivity contribution in [2.45, 2.75) is 19.4 Å². The SMILES string of the molecule is CCN1CCOC(CC(=O)Nc2ccc(O)c(O)c2)C1=O. The van der Waals surface area contributed by atoms with E-state index in [1.54, 1.807) is 4.90 Å². The molecule has 7 heteroatoms. The minimum Gasteiger partial charge on any atom is -0.504 e. The highest BCUT2D eigenvalue weighted by atomic mass is 16.5. The third-order valence-corrected chi connectivity index (χ3v) is 3.28. The van der Waals surface area contributed by atoms with E-state index in [1.807, 2.05) is 6.92 Å². The molecule has 1 aromatic carbocycles. The number of amides is 2. The van der Waals surface area contributed by atoms with E-state index in [0.29, 0.717) is 25.4 Å². The summed E-state index contributed by atoms with van der Waals surface area (Å²) < 4.78 is 5.33. The summed E-state index contributed by atoms with van der Waals surface area (Å²) in [6.07, 6.45) is -0.860. The van der Waals surface area contributed by atoms with Gasteiger partial charge in [-0.3, -0.25) is 9.59 Å². The molecule has 1 unspecified atom stereocenters. The van der Waals surface area contributed by atoms with E-state index in [9.17, 15) is 19.8 Å². The Morgan fingerprint density at radius 2 is 2.19 bits per heavy atom. The van der Waals surface area contributed by atoms with Gasteiger partial charge in [-0.25, -0.2) is 0 Å². The molecule has 1 saturated heterocycles. The molecule has 1 aromatic rings. The predicted octanol–water partition coefficient (Wildman–Crippen LogP) is 0.674. The van der Waals surface area contributed by atoms with Gasteiger partial charge in [0.05, 0.1) is 13.0 Å². The minimum atomic E-state index is -0.774. The number of nitrogens with one attached hydrogen (secondary N) is 1. The Morgan fingerprint density at radius 3 is 2.86 bits per heavy atom. The molecule has 0 saturated carbocycles. The third kappa shape index (κ3) is 3.63. The Labute approximate surface area is 122 Å². The van der Waals surface area contributed by atoms with Gasteiger partial charge in [-0.1, -0.05) is 0 Å². The molecule has 3 N–H and O–H groups in total. The second kappa shape index (κ2) is 6.45. The van der Waals surface area contributed by atoms with E-state index in [0.717, 1.165) is 0 Å². The van der Waals surface area contributed by atoms with Gasteiger partial charge < -0.3 is 25.2 Å². The van der Waals surface area contributed by atoms with Gasteiger partial charge in [-0.05, 0) is 19.1 Å². The first-order valence-electron chi connectivity index (χ1n) is 6.73. The lowest BCUT2D eigenvalue weighted by Gasteiger charge is -2.31. The van der Waals surface area contributed by atoms with E-state index in [1.165, 1.54) is 18.2 Å². The molecule has 1 heterocycles. The van der Waals surface area contributed by atoms with E-state index >= 15 is 0 Å². The van der Waals surface area contributed by atoms with Gasteiger partial charge in [0, 0.05) is 24.8 Å². The number of carbonyl (C=O) groups is 2. The van der Waals surface area contributed by atoms with Crippen molar-refractivity contribution in [1.82, 2.24) is 4.90 Å². The second-order valence-electron chi connectivity index (χ2n) is 4.73. The number of likely N-dealkylation sites (N-methyl/N-ethyl adjacent to an activating group) is 1. The number of phenolic OH excluding ortho intramolecular Hbond substituents is 2. The summed E-state index contributed by atoms with van der Waals surface area (Å²) in [6, 6.07) is 3.95. The predicted molar refractivity (Wildman–Crippen MR) is 75.0 cm³/mol. The molecule has 1 atom stereocenters. The molecule has 7 nitrogen and oxygen atoms in total. The third-order valence-electron chi connectivity index (χ3n) is 3.28. The summed E-state index contributed by atoms with van der Waals surface area (Å²) in [4.78, 5) is 25.5. The fraction of sp³-hybridized carbons (Fsp3) is 0.429. The van der Waals surface area contributed by atoms with Crippen LogP contribution in [0.3, 0.4) is 0 Å². The van der Waals surface area contributed by atoms with Crippen LogP contribution >= 0.6 is 0 Å². The van der Waals surface area contributed by atoms with Crippen LogP contribution in [-0.4, -0.2) is 52.7 Å². The zero-order valence-corrected chi connectivity index (χ0v) is 11.7. The van der Waals surface area contributed by atoms with Crippen LogP contribution in [0.15, 0.2) is 18.2 Å². The first-order chi connectivity index (χ1) is 10.0. The molecule has 1 aliphatic rings.